The Morgan fingerprint density at radius 3 is 2.59 bits per heavy atom. The van der Waals surface area contributed by atoms with Gasteiger partial charge in [0.25, 0.3) is 0 Å². The molecule has 0 amide bonds. The topological polar surface area (TPSA) is 87.2 Å². The van der Waals surface area contributed by atoms with Gasteiger partial charge < -0.3 is 15.4 Å². The van der Waals surface area contributed by atoms with Crippen LogP contribution in [-0.2, 0) is 12.0 Å². The molecular formula is C20H27IN6OS. The number of guanidine groups is 1. The van der Waals surface area contributed by atoms with Crippen LogP contribution in [0.1, 0.15) is 24.5 Å². The Bertz CT molecular complexity index is 905. The summed E-state index contributed by atoms with van der Waals surface area (Å²) < 4.78 is 5.18. The molecule has 2 aromatic heterocycles. The molecule has 0 aliphatic heterocycles. The molecule has 0 saturated heterocycles. The van der Waals surface area contributed by atoms with Crippen molar-refractivity contribution in [2.24, 2.45) is 4.99 Å². The summed E-state index contributed by atoms with van der Waals surface area (Å²) in [5, 5.41) is 16.0. The van der Waals surface area contributed by atoms with Gasteiger partial charge in [-0.15, -0.1) is 35.3 Å². The van der Waals surface area contributed by atoms with Gasteiger partial charge in [-0.3, -0.25) is 10.1 Å². The van der Waals surface area contributed by atoms with Crippen LogP contribution in [0.3, 0.4) is 0 Å². The number of nitrogens with one attached hydrogen (secondary N) is 3. The Balaban J connectivity index is 0.00000300. The van der Waals surface area contributed by atoms with E-state index >= 15 is 0 Å². The second-order valence-electron chi connectivity index (χ2n) is 6.97. The predicted octanol–water partition coefficient (Wildman–Crippen LogP) is 3.80. The SMILES string of the molecule is CN=C(NCc1nc(-c2ccc(OC)cc2)n[nH]1)NCC(C)(C)c1cccs1.I. The first-order valence-corrected chi connectivity index (χ1v) is 9.94. The predicted molar refractivity (Wildman–Crippen MR) is 129 cm³/mol. The highest BCUT2D eigenvalue weighted by atomic mass is 127. The number of nitrogens with zero attached hydrogens (tertiary/aromatic N) is 3. The Hall–Kier alpha value is -2.14. The first-order chi connectivity index (χ1) is 13.5. The van der Waals surface area contributed by atoms with Crippen molar-refractivity contribution in [3.05, 3.63) is 52.5 Å². The molecule has 0 fully saturated rings. The van der Waals surface area contributed by atoms with Gasteiger partial charge in [-0.1, -0.05) is 19.9 Å². The molecule has 3 aromatic rings. The van der Waals surface area contributed by atoms with Gasteiger partial charge in [0.15, 0.2) is 11.8 Å². The summed E-state index contributed by atoms with van der Waals surface area (Å²) in [5.41, 5.74) is 0.961. The third kappa shape index (κ3) is 6.17. The number of rotatable bonds is 7. The average molecular weight is 526 g/mol. The summed E-state index contributed by atoms with van der Waals surface area (Å²) in [4.78, 5) is 10.2. The van der Waals surface area contributed by atoms with Crippen molar-refractivity contribution < 1.29 is 4.74 Å². The van der Waals surface area contributed by atoms with Gasteiger partial charge in [-0.25, -0.2) is 4.98 Å². The number of H-pyrrole nitrogens is 1. The normalized spacial score (nSPS) is 11.7. The lowest BCUT2D eigenvalue weighted by Crippen LogP contribution is -2.43. The maximum absolute atomic E-state index is 5.18. The molecule has 0 saturated carbocycles. The zero-order valence-electron chi connectivity index (χ0n) is 17.0. The van der Waals surface area contributed by atoms with Gasteiger partial charge in [0.05, 0.1) is 13.7 Å². The number of benzene rings is 1. The molecule has 29 heavy (non-hydrogen) atoms. The molecule has 0 bridgehead atoms. The van der Waals surface area contributed by atoms with Crippen molar-refractivity contribution in [1.29, 1.82) is 0 Å². The lowest BCUT2D eigenvalue weighted by molar-refractivity contribution is 0.415. The van der Waals surface area contributed by atoms with Gasteiger partial charge in [-0.05, 0) is 35.7 Å². The van der Waals surface area contributed by atoms with Crippen molar-refractivity contribution in [1.82, 2.24) is 25.8 Å². The fourth-order valence-electron chi connectivity index (χ4n) is 2.69. The number of aliphatic imine (C=N–C) groups is 1. The van der Waals surface area contributed by atoms with Crippen LogP contribution in [0.5, 0.6) is 5.75 Å². The van der Waals surface area contributed by atoms with Crippen LogP contribution in [-0.4, -0.2) is 41.8 Å². The van der Waals surface area contributed by atoms with Crippen LogP contribution in [0, 0.1) is 0 Å². The minimum atomic E-state index is 0. The number of hydrogen-bond donors (Lipinski definition) is 3. The Morgan fingerprint density at radius 1 is 1.21 bits per heavy atom. The van der Waals surface area contributed by atoms with E-state index in [1.807, 2.05) is 24.3 Å². The Kier molecular flexibility index (Phi) is 8.45. The van der Waals surface area contributed by atoms with Crippen molar-refractivity contribution in [3.8, 4) is 17.1 Å². The monoisotopic (exact) mass is 526 g/mol. The maximum atomic E-state index is 5.18. The minimum Gasteiger partial charge on any atom is -0.497 e. The maximum Gasteiger partial charge on any atom is 0.191 e. The van der Waals surface area contributed by atoms with E-state index in [-0.39, 0.29) is 29.4 Å². The number of ether oxygens (including phenoxy) is 1. The van der Waals surface area contributed by atoms with E-state index in [0.717, 1.165) is 29.6 Å². The van der Waals surface area contributed by atoms with Crippen molar-refractivity contribution in [3.63, 3.8) is 0 Å². The highest BCUT2D eigenvalue weighted by Crippen LogP contribution is 2.26. The smallest absolute Gasteiger partial charge is 0.191 e. The molecule has 0 spiro atoms. The second-order valence-corrected chi connectivity index (χ2v) is 7.92. The molecule has 156 valence electrons. The van der Waals surface area contributed by atoms with Crippen molar-refractivity contribution in [2.75, 3.05) is 20.7 Å². The average Bonchev–Trinajstić information content (AvgIpc) is 3.41. The second kappa shape index (κ2) is 10.6. The summed E-state index contributed by atoms with van der Waals surface area (Å²) in [5.74, 6) is 2.93. The fourth-order valence-corrected chi connectivity index (χ4v) is 3.54. The number of aromatic nitrogens is 3. The molecule has 0 aliphatic carbocycles. The summed E-state index contributed by atoms with van der Waals surface area (Å²) >= 11 is 1.77. The van der Waals surface area contributed by atoms with Gasteiger partial charge >= 0.3 is 0 Å². The minimum absolute atomic E-state index is 0. The van der Waals surface area contributed by atoms with E-state index in [0.29, 0.717) is 12.4 Å². The molecule has 0 aliphatic rings. The third-order valence-corrected chi connectivity index (χ3v) is 5.65. The van der Waals surface area contributed by atoms with Gasteiger partial charge in [0.1, 0.15) is 11.6 Å². The molecule has 3 rings (SSSR count). The molecule has 0 atom stereocenters. The first-order valence-electron chi connectivity index (χ1n) is 9.06. The van der Waals surface area contributed by atoms with Gasteiger partial charge in [0, 0.05) is 29.4 Å². The fraction of sp³-hybridized carbons (Fsp3) is 0.350. The van der Waals surface area contributed by atoms with Crippen LogP contribution < -0.4 is 15.4 Å². The Morgan fingerprint density at radius 2 is 1.97 bits per heavy atom. The first kappa shape index (κ1) is 23.1. The zero-order valence-corrected chi connectivity index (χ0v) is 20.2. The van der Waals surface area contributed by atoms with Crippen LogP contribution >= 0.6 is 35.3 Å². The zero-order chi connectivity index (χ0) is 20.0. The molecule has 3 N–H and O–H groups in total. The summed E-state index contributed by atoms with van der Waals surface area (Å²) in [6.07, 6.45) is 0. The van der Waals surface area contributed by atoms with E-state index in [1.54, 1.807) is 25.5 Å². The van der Waals surface area contributed by atoms with Crippen LogP contribution in [0.2, 0.25) is 0 Å². The van der Waals surface area contributed by atoms with Crippen LogP contribution in [0.4, 0.5) is 0 Å². The number of hydrogen-bond acceptors (Lipinski definition) is 5. The van der Waals surface area contributed by atoms with Crippen molar-refractivity contribution in [2.45, 2.75) is 25.8 Å². The van der Waals surface area contributed by atoms with Gasteiger partial charge in [0.2, 0.25) is 0 Å². The van der Waals surface area contributed by atoms with Crippen LogP contribution in [0.25, 0.3) is 11.4 Å². The highest BCUT2D eigenvalue weighted by Gasteiger charge is 2.22. The standard InChI is InChI=1S/C20H26N6OS.HI/c1-20(2,16-6-5-11-28-16)13-23-19(21-3)22-12-17-24-18(26-25-17)14-7-9-15(27-4)10-8-14;/h5-11H,12-13H2,1-4H3,(H2,21,22,23)(H,24,25,26);1H. The lowest BCUT2D eigenvalue weighted by Gasteiger charge is -2.24. The van der Waals surface area contributed by atoms with Gasteiger partial charge in [-0.2, -0.15) is 5.10 Å². The molecule has 7 nitrogen and oxygen atoms in total. The van der Waals surface area contributed by atoms with E-state index in [1.165, 1.54) is 4.88 Å². The van der Waals surface area contributed by atoms with E-state index in [9.17, 15) is 0 Å². The Labute approximate surface area is 192 Å². The molecule has 1 aromatic carbocycles. The molecule has 2 heterocycles. The number of aromatic amines is 1. The molecule has 9 heteroatoms. The van der Waals surface area contributed by atoms with Crippen molar-refractivity contribution >= 4 is 41.3 Å². The molecule has 0 unspecified atom stereocenters. The summed E-state index contributed by atoms with van der Waals surface area (Å²) in [6.45, 7) is 5.72. The van der Waals surface area contributed by atoms with E-state index in [2.05, 4.69) is 62.2 Å². The summed E-state index contributed by atoms with van der Waals surface area (Å²) in [6, 6.07) is 11.9. The lowest BCUT2D eigenvalue weighted by atomic mass is 9.91. The number of thiophene rings is 1. The number of halogens is 1. The van der Waals surface area contributed by atoms with Crippen LogP contribution in [0.15, 0.2) is 46.8 Å². The van der Waals surface area contributed by atoms with E-state index in [4.69, 9.17) is 4.74 Å². The highest BCUT2D eigenvalue weighted by molar-refractivity contribution is 14.0. The summed E-state index contributed by atoms with van der Waals surface area (Å²) in [7, 11) is 3.41. The van der Waals surface area contributed by atoms with E-state index < -0.39 is 0 Å². The third-order valence-electron chi connectivity index (χ3n) is 4.41. The largest absolute Gasteiger partial charge is 0.497 e. The number of methoxy groups -OCH3 is 1. The molecular weight excluding hydrogens is 499 g/mol. The molecule has 0 radical (unpaired) electrons. The quantitative estimate of drug-likeness (QED) is 0.248.